The summed E-state index contributed by atoms with van der Waals surface area (Å²) in [7, 11) is 0. The Morgan fingerprint density at radius 2 is 1.92 bits per heavy atom. The molecule has 1 rings (SSSR count). The van der Waals surface area contributed by atoms with E-state index in [4.69, 9.17) is 10.2 Å². The van der Waals surface area contributed by atoms with E-state index in [0.29, 0.717) is 0 Å². The SMILES string of the molecule is O=NN1C[C@H](O)[C@@H](O)[C@@H](O)[C@H]1CO. The number of β-amino-alcohol motifs (C(OH)–C–C–N with tert-alkyl or cyclic N) is 1. The molecule has 4 atom stereocenters. The van der Waals surface area contributed by atoms with Crippen LogP contribution in [0.2, 0.25) is 0 Å². The molecule has 13 heavy (non-hydrogen) atoms. The van der Waals surface area contributed by atoms with Gasteiger partial charge in [-0.1, -0.05) is 0 Å². The lowest BCUT2D eigenvalue weighted by Gasteiger charge is -2.39. The molecule has 1 aliphatic rings. The van der Waals surface area contributed by atoms with Crippen LogP contribution < -0.4 is 0 Å². The molecule has 0 aromatic heterocycles. The van der Waals surface area contributed by atoms with Gasteiger partial charge in [-0.05, 0) is 0 Å². The average molecular weight is 192 g/mol. The maximum Gasteiger partial charge on any atom is 0.110 e. The van der Waals surface area contributed by atoms with Gasteiger partial charge < -0.3 is 20.4 Å². The summed E-state index contributed by atoms with van der Waals surface area (Å²) < 4.78 is 0. The minimum Gasteiger partial charge on any atom is -0.394 e. The van der Waals surface area contributed by atoms with Crippen LogP contribution in [0.5, 0.6) is 0 Å². The number of nitrogens with zero attached hydrogens (tertiary/aromatic N) is 2. The Labute approximate surface area is 74.2 Å². The minimum absolute atomic E-state index is 0.188. The molecule has 0 bridgehead atoms. The Morgan fingerprint density at radius 3 is 2.38 bits per heavy atom. The number of rotatable bonds is 2. The second kappa shape index (κ2) is 3.97. The van der Waals surface area contributed by atoms with Gasteiger partial charge in [-0.2, -0.15) is 0 Å². The Bertz CT molecular complexity index is 190. The van der Waals surface area contributed by atoms with E-state index in [1.165, 1.54) is 0 Å². The summed E-state index contributed by atoms with van der Waals surface area (Å²) in [5.41, 5.74) is 0. The summed E-state index contributed by atoms with van der Waals surface area (Å²) in [5, 5.41) is 39.7. The first-order valence-electron chi connectivity index (χ1n) is 3.86. The summed E-state index contributed by atoms with van der Waals surface area (Å²) >= 11 is 0. The lowest BCUT2D eigenvalue weighted by molar-refractivity contribution is -0.145. The van der Waals surface area contributed by atoms with Crippen molar-refractivity contribution in [2.45, 2.75) is 24.4 Å². The minimum atomic E-state index is -1.37. The largest absolute Gasteiger partial charge is 0.394 e. The van der Waals surface area contributed by atoms with Gasteiger partial charge in [0.2, 0.25) is 0 Å². The fraction of sp³-hybridized carbons (Fsp3) is 1.00. The van der Waals surface area contributed by atoms with Crippen molar-refractivity contribution in [3.05, 3.63) is 4.91 Å². The second-order valence-corrected chi connectivity index (χ2v) is 3.00. The van der Waals surface area contributed by atoms with Gasteiger partial charge in [0, 0.05) is 0 Å². The van der Waals surface area contributed by atoms with Crippen LogP contribution in [0.4, 0.5) is 0 Å². The van der Waals surface area contributed by atoms with Crippen LogP contribution in [-0.4, -0.2) is 62.9 Å². The average Bonchev–Trinajstić information content (AvgIpc) is 2.13. The van der Waals surface area contributed by atoms with Crippen LogP contribution in [0.3, 0.4) is 0 Å². The monoisotopic (exact) mass is 192 g/mol. The maximum absolute atomic E-state index is 10.2. The highest BCUT2D eigenvalue weighted by Gasteiger charge is 2.41. The highest BCUT2D eigenvalue weighted by molar-refractivity contribution is 4.92. The first kappa shape index (κ1) is 10.3. The standard InChI is InChI=1S/C6H12N2O5/c9-2-3-5(11)6(12)4(10)1-8(3)7-13/h3-6,9-12H,1-2H2/t3-,4+,5+,6-/m1/s1. The fourth-order valence-electron chi connectivity index (χ4n) is 1.36. The molecule has 0 spiro atoms. The molecular weight excluding hydrogens is 180 g/mol. The zero-order valence-electron chi connectivity index (χ0n) is 6.82. The van der Waals surface area contributed by atoms with Crippen molar-refractivity contribution in [3.63, 3.8) is 0 Å². The van der Waals surface area contributed by atoms with Gasteiger partial charge in [0.15, 0.2) is 0 Å². The molecule has 0 unspecified atom stereocenters. The molecular formula is C6H12N2O5. The summed E-state index contributed by atoms with van der Waals surface area (Å²) in [6, 6.07) is -0.948. The van der Waals surface area contributed by atoms with Crippen molar-refractivity contribution in [2.75, 3.05) is 13.2 Å². The molecule has 0 aromatic carbocycles. The molecule has 0 amide bonds. The Hall–Kier alpha value is -0.760. The predicted octanol–water partition coefficient (Wildman–Crippen LogP) is -2.57. The third kappa shape index (κ3) is 1.78. The number of nitroso groups, excluding NO2 is 1. The molecule has 1 heterocycles. The molecule has 1 aliphatic heterocycles. The number of hydrogen-bond acceptors (Lipinski definition) is 6. The van der Waals surface area contributed by atoms with Crippen LogP contribution in [0.25, 0.3) is 0 Å². The van der Waals surface area contributed by atoms with Crippen molar-refractivity contribution < 1.29 is 20.4 Å². The van der Waals surface area contributed by atoms with E-state index < -0.39 is 31.0 Å². The Balaban J connectivity index is 2.74. The van der Waals surface area contributed by atoms with E-state index >= 15 is 0 Å². The molecule has 7 nitrogen and oxygen atoms in total. The molecule has 0 aromatic rings. The van der Waals surface area contributed by atoms with Crippen LogP contribution in [0, 0.1) is 4.91 Å². The molecule has 0 radical (unpaired) electrons. The number of hydrogen-bond donors (Lipinski definition) is 4. The third-order valence-electron chi connectivity index (χ3n) is 2.19. The van der Waals surface area contributed by atoms with E-state index in [1.54, 1.807) is 0 Å². The molecule has 4 N–H and O–H groups in total. The second-order valence-electron chi connectivity index (χ2n) is 3.00. The van der Waals surface area contributed by atoms with Gasteiger partial charge in [-0.15, -0.1) is 4.91 Å². The maximum atomic E-state index is 10.2. The van der Waals surface area contributed by atoms with Crippen molar-refractivity contribution in [2.24, 2.45) is 5.29 Å². The normalized spacial score (nSPS) is 40.5. The van der Waals surface area contributed by atoms with Crippen molar-refractivity contribution in [3.8, 4) is 0 Å². The molecule has 76 valence electrons. The fourth-order valence-corrected chi connectivity index (χ4v) is 1.36. The van der Waals surface area contributed by atoms with Crippen LogP contribution in [0.15, 0.2) is 5.29 Å². The van der Waals surface area contributed by atoms with Gasteiger partial charge in [0.1, 0.15) is 24.4 Å². The number of aliphatic hydroxyl groups is 4. The third-order valence-corrected chi connectivity index (χ3v) is 2.19. The highest BCUT2D eigenvalue weighted by Crippen LogP contribution is 2.18. The van der Waals surface area contributed by atoms with E-state index in [-0.39, 0.29) is 6.54 Å². The van der Waals surface area contributed by atoms with Gasteiger partial charge in [0.05, 0.1) is 18.4 Å². The van der Waals surface area contributed by atoms with Crippen molar-refractivity contribution in [1.82, 2.24) is 5.01 Å². The van der Waals surface area contributed by atoms with E-state index in [2.05, 4.69) is 5.29 Å². The van der Waals surface area contributed by atoms with Crippen LogP contribution in [0.1, 0.15) is 0 Å². The van der Waals surface area contributed by atoms with Gasteiger partial charge in [0.25, 0.3) is 0 Å². The van der Waals surface area contributed by atoms with Crippen molar-refractivity contribution in [1.29, 1.82) is 0 Å². The first-order chi connectivity index (χ1) is 6.11. The van der Waals surface area contributed by atoms with Gasteiger partial charge in [-0.3, -0.25) is 5.01 Å². The predicted molar refractivity (Wildman–Crippen MR) is 41.4 cm³/mol. The number of aliphatic hydroxyl groups excluding tert-OH is 4. The topological polar surface area (TPSA) is 114 Å². The van der Waals surface area contributed by atoms with Gasteiger partial charge in [-0.25, -0.2) is 0 Å². The van der Waals surface area contributed by atoms with E-state index in [9.17, 15) is 15.1 Å². The summed E-state index contributed by atoms with van der Waals surface area (Å²) in [6.07, 6.45) is -3.95. The molecule has 7 heteroatoms. The number of piperidine rings is 1. The van der Waals surface area contributed by atoms with E-state index in [0.717, 1.165) is 5.01 Å². The molecule has 1 saturated heterocycles. The zero-order chi connectivity index (χ0) is 10.0. The van der Waals surface area contributed by atoms with Crippen LogP contribution >= 0.6 is 0 Å². The lowest BCUT2D eigenvalue weighted by Crippen LogP contribution is -2.60. The molecule has 0 aliphatic carbocycles. The lowest BCUT2D eigenvalue weighted by atomic mass is 9.96. The quantitative estimate of drug-likeness (QED) is 0.357. The summed E-state index contributed by atoms with van der Waals surface area (Å²) in [6.45, 7) is -0.691. The van der Waals surface area contributed by atoms with Crippen LogP contribution in [-0.2, 0) is 0 Å². The molecule has 1 fully saturated rings. The summed E-state index contributed by atoms with van der Waals surface area (Å²) in [4.78, 5) is 10.2. The summed E-state index contributed by atoms with van der Waals surface area (Å²) in [5.74, 6) is 0. The zero-order valence-corrected chi connectivity index (χ0v) is 6.82. The smallest absolute Gasteiger partial charge is 0.110 e. The Morgan fingerprint density at radius 1 is 1.31 bits per heavy atom. The van der Waals surface area contributed by atoms with E-state index in [1.807, 2.05) is 0 Å². The first-order valence-corrected chi connectivity index (χ1v) is 3.86. The molecule has 0 saturated carbocycles. The van der Waals surface area contributed by atoms with Crippen molar-refractivity contribution >= 4 is 0 Å². The van der Waals surface area contributed by atoms with Gasteiger partial charge >= 0.3 is 0 Å². The Kier molecular flexibility index (Phi) is 3.15. The highest BCUT2D eigenvalue weighted by atomic mass is 16.4.